The Bertz CT molecular complexity index is 276. The van der Waals surface area contributed by atoms with Crippen LogP contribution >= 0.6 is 0 Å². The Morgan fingerprint density at radius 3 is 2.25 bits per heavy atom. The monoisotopic (exact) mass is 242 g/mol. The van der Waals surface area contributed by atoms with E-state index in [9.17, 15) is 22.8 Å². The summed E-state index contributed by atoms with van der Waals surface area (Å²) in [6.07, 6.45) is -4.88. The molecule has 0 saturated carbocycles. The molecule has 0 spiro atoms. The number of alkyl halides is 3. The van der Waals surface area contributed by atoms with Crippen LogP contribution in [0.3, 0.4) is 0 Å². The lowest BCUT2D eigenvalue weighted by Crippen LogP contribution is -2.61. The van der Waals surface area contributed by atoms with E-state index in [0.717, 1.165) is 0 Å². The maximum absolute atomic E-state index is 12.3. The minimum Gasteiger partial charge on any atom is -0.465 e. The van der Waals surface area contributed by atoms with E-state index in [2.05, 4.69) is 4.74 Å². The standard InChI is InChI=1S/C8H13F3N2O3/c1-3-16-5(14)4-13-6(15)7(2,12)8(9,10)11/h3-4,12H2,1-2H3,(H,13,15). The first-order chi connectivity index (χ1) is 7.13. The van der Waals surface area contributed by atoms with Crippen molar-refractivity contribution in [1.82, 2.24) is 5.32 Å². The second kappa shape index (κ2) is 5.15. The number of esters is 1. The van der Waals surface area contributed by atoms with Crippen molar-refractivity contribution in [3.8, 4) is 0 Å². The molecule has 1 atom stereocenters. The third kappa shape index (κ3) is 3.69. The van der Waals surface area contributed by atoms with Crippen molar-refractivity contribution in [1.29, 1.82) is 0 Å². The average molecular weight is 242 g/mol. The highest BCUT2D eigenvalue weighted by Gasteiger charge is 2.53. The summed E-state index contributed by atoms with van der Waals surface area (Å²) in [4.78, 5) is 21.8. The Hall–Kier alpha value is -1.31. The van der Waals surface area contributed by atoms with Crippen LogP contribution in [0.5, 0.6) is 0 Å². The highest BCUT2D eigenvalue weighted by molar-refractivity contribution is 5.89. The van der Waals surface area contributed by atoms with Crippen LogP contribution in [0.15, 0.2) is 0 Å². The van der Waals surface area contributed by atoms with Gasteiger partial charge in [-0.25, -0.2) is 0 Å². The Labute approximate surface area is 90.1 Å². The summed E-state index contributed by atoms with van der Waals surface area (Å²) in [7, 11) is 0. The van der Waals surface area contributed by atoms with Gasteiger partial charge in [0.2, 0.25) is 5.91 Å². The lowest BCUT2D eigenvalue weighted by molar-refractivity contribution is -0.187. The number of hydrogen-bond donors (Lipinski definition) is 2. The normalized spacial score (nSPS) is 15.1. The first-order valence-corrected chi connectivity index (χ1v) is 4.42. The van der Waals surface area contributed by atoms with Gasteiger partial charge in [-0.15, -0.1) is 0 Å². The molecule has 1 unspecified atom stereocenters. The molecule has 0 rings (SSSR count). The van der Waals surface area contributed by atoms with Crippen molar-refractivity contribution in [3.05, 3.63) is 0 Å². The number of rotatable bonds is 4. The molecule has 16 heavy (non-hydrogen) atoms. The molecule has 8 heteroatoms. The van der Waals surface area contributed by atoms with Crippen LogP contribution in [-0.4, -0.2) is 36.7 Å². The zero-order valence-corrected chi connectivity index (χ0v) is 8.85. The van der Waals surface area contributed by atoms with Gasteiger partial charge in [0.05, 0.1) is 6.61 Å². The molecule has 3 N–H and O–H groups in total. The van der Waals surface area contributed by atoms with Crippen LogP contribution in [0.1, 0.15) is 13.8 Å². The number of carbonyl (C=O) groups is 2. The molecule has 0 heterocycles. The fourth-order valence-corrected chi connectivity index (χ4v) is 0.677. The summed E-state index contributed by atoms with van der Waals surface area (Å²) < 4.78 is 41.2. The molecule has 5 nitrogen and oxygen atoms in total. The SMILES string of the molecule is CCOC(=O)CNC(=O)C(C)(N)C(F)(F)F. The largest absolute Gasteiger partial charge is 0.465 e. The Morgan fingerprint density at radius 2 is 1.88 bits per heavy atom. The van der Waals surface area contributed by atoms with E-state index < -0.39 is 30.1 Å². The molecule has 0 fully saturated rings. The molecule has 0 aliphatic heterocycles. The number of halogens is 3. The lowest BCUT2D eigenvalue weighted by atomic mass is 10.0. The summed E-state index contributed by atoms with van der Waals surface area (Å²) in [5, 5.41) is 1.76. The molecule has 0 aromatic rings. The predicted octanol–water partition coefficient (Wildman–Crippen LogP) is -0.0546. The Morgan fingerprint density at radius 1 is 1.38 bits per heavy atom. The van der Waals surface area contributed by atoms with E-state index in [1.807, 2.05) is 0 Å². The second-order valence-corrected chi connectivity index (χ2v) is 3.19. The minimum absolute atomic E-state index is 0.0772. The summed E-state index contributed by atoms with van der Waals surface area (Å²) in [6.45, 7) is 1.49. The van der Waals surface area contributed by atoms with Gasteiger partial charge in [-0.3, -0.25) is 9.59 Å². The number of hydrogen-bond acceptors (Lipinski definition) is 4. The first-order valence-electron chi connectivity index (χ1n) is 4.42. The minimum atomic E-state index is -4.88. The second-order valence-electron chi connectivity index (χ2n) is 3.19. The van der Waals surface area contributed by atoms with Crippen molar-refractivity contribution < 1.29 is 27.5 Å². The molecule has 0 saturated heterocycles. The van der Waals surface area contributed by atoms with Gasteiger partial charge in [0.15, 0.2) is 5.54 Å². The fourth-order valence-electron chi connectivity index (χ4n) is 0.677. The average Bonchev–Trinajstić information content (AvgIpc) is 2.12. The van der Waals surface area contributed by atoms with Crippen molar-refractivity contribution in [2.75, 3.05) is 13.2 Å². The van der Waals surface area contributed by atoms with Crippen molar-refractivity contribution in [2.24, 2.45) is 5.73 Å². The smallest absolute Gasteiger partial charge is 0.415 e. The summed E-state index contributed by atoms with van der Waals surface area (Å²) in [6, 6.07) is 0. The van der Waals surface area contributed by atoms with Crippen LogP contribution in [0, 0.1) is 0 Å². The van der Waals surface area contributed by atoms with Gasteiger partial charge >= 0.3 is 12.1 Å². The molecule has 0 aromatic carbocycles. The highest BCUT2D eigenvalue weighted by atomic mass is 19.4. The number of nitrogens with one attached hydrogen (secondary N) is 1. The number of amides is 1. The first kappa shape index (κ1) is 14.7. The van der Waals surface area contributed by atoms with Gasteiger partial charge < -0.3 is 15.8 Å². The predicted molar refractivity (Wildman–Crippen MR) is 48.3 cm³/mol. The Balaban J connectivity index is 4.32. The van der Waals surface area contributed by atoms with Gasteiger partial charge in [0.1, 0.15) is 6.54 Å². The molecular formula is C8H13F3N2O3. The fraction of sp³-hybridized carbons (Fsp3) is 0.750. The highest BCUT2D eigenvalue weighted by Crippen LogP contribution is 2.27. The summed E-state index contributed by atoms with van der Waals surface area (Å²) in [5.74, 6) is -2.30. The van der Waals surface area contributed by atoms with E-state index in [4.69, 9.17) is 5.73 Å². The van der Waals surface area contributed by atoms with E-state index in [0.29, 0.717) is 6.92 Å². The summed E-state index contributed by atoms with van der Waals surface area (Å²) >= 11 is 0. The maximum atomic E-state index is 12.3. The topological polar surface area (TPSA) is 81.4 Å². The van der Waals surface area contributed by atoms with Crippen LogP contribution in [0.4, 0.5) is 13.2 Å². The van der Waals surface area contributed by atoms with Gasteiger partial charge in [-0.1, -0.05) is 0 Å². The van der Waals surface area contributed by atoms with E-state index in [-0.39, 0.29) is 6.61 Å². The van der Waals surface area contributed by atoms with Crippen molar-refractivity contribution in [3.63, 3.8) is 0 Å². The third-order valence-electron chi connectivity index (χ3n) is 1.76. The molecule has 0 aromatic heterocycles. The molecule has 1 amide bonds. The van der Waals surface area contributed by atoms with Gasteiger partial charge in [-0.2, -0.15) is 13.2 Å². The zero-order chi connectivity index (χ0) is 13.0. The lowest BCUT2D eigenvalue weighted by Gasteiger charge is -2.25. The Kier molecular flexibility index (Phi) is 4.73. The van der Waals surface area contributed by atoms with Gasteiger partial charge in [0, 0.05) is 0 Å². The van der Waals surface area contributed by atoms with Crippen LogP contribution in [-0.2, 0) is 14.3 Å². The van der Waals surface area contributed by atoms with Crippen LogP contribution < -0.4 is 11.1 Å². The number of ether oxygens (including phenoxy) is 1. The molecule has 0 bridgehead atoms. The molecule has 0 aliphatic carbocycles. The number of carbonyl (C=O) groups excluding carboxylic acids is 2. The molecule has 0 aliphatic rings. The van der Waals surface area contributed by atoms with Crippen molar-refractivity contribution in [2.45, 2.75) is 25.6 Å². The maximum Gasteiger partial charge on any atom is 0.415 e. The number of nitrogens with two attached hydrogens (primary N) is 1. The zero-order valence-electron chi connectivity index (χ0n) is 8.85. The van der Waals surface area contributed by atoms with Crippen LogP contribution in [0.2, 0.25) is 0 Å². The molecule has 94 valence electrons. The van der Waals surface area contributed by atoms with Gasteiger partial charge in [0.25, 0.3) is 0 Å². The third-order valence-corrected chi connectivity index (χ3v) is 1.76. The summed E-state index contributed by atoms with van der Waals surface area (Å²) in [5.41, 5.74) is 1.78. The van der Waals surface area contributed by atoms with E-state index in [1.54, 1.807) is 5.32 Å². The molecular weight excluding hydrogens is 229 g/mol. The van der Waals surface area contributed by atoms with Crippen molar-refractivity contribution >= 4 is 11.9 Å². The van der Waals surface area contributed by atoms with E-state index >= 15 is 0 Å². The van der Waals surface area contributed by atoms with Gasteiger partial charge in [-0.05, 0) is 13.8 Å². The molecule has 0 radical (unpaired) electrons. The van der Waals surface area contributed by atoms with E-state index in [1.165, 1.54) is 6.92 Å². The van der Waals surface area contributed by atoms with Crippen LogP contribution in [0.25, 0.3) is 0 Å². The quantitative estimate of drug-likeness (QED) is 0.677.